The van der Waals surface area contributed by atoms with Gasteiger partial charge in [0.2, 0.25) is 0 Å². The molecule has 0 aliphatic heterocycles. The molecule has 0 aromatic heterocycles. The predicted molar refractivity (Wildman–Crippen MR) is 81.7 cm³/mol. The van der Waals surface area contributed by atoms with E-state index in [9.17, 15) is 4.79 Å². The molecule has 0 heterocycles. The van der Waals surface area contributed by atoms with Crippen LogP contribution in [0.4, 0.5) is 0 Å². The van der Waals surface area contributed by atoms with Gasteiger partial charge >= 0.3 is 0 Å². The van der Waals surface area contributed by atoms with Crippen LogP contribution in [0, 0.1) is 0 Å². The first kappa shape index (κ1) is 16.1. The van der Waals surface area contributed by atoms with Gasteiger partial charge in [0.1, 0.15) is 0 Å². The molecule has 0 unspecified atom stereocenters. The number of hydrogen-bond donors (Lipinski definition) is 0. The van der Waals surface area contributed by atoms with Crippen molar-refractivity contribution in [2.75, 3.05) is 20.6 Å². The number of halogens is 2. The van der Waals surface area contributed by atoms with Gasteiger partial charge in [0.25, 0.3) is 0 Å². The Morgan fingerprint density at radius 1 is 1.25 bits per heavy atom. The summed E-state index contributed by atoms with van der Waals surface area (Å²) in [4.78, 5) is 13.8. The lowest BCUT2D eigenvalue weighted by molar-refractivity contribution is 0.0977. The van der Waals surface area contributed by atoms with Crippen molar-refractivity contribution in [3.05, 3.63) is 34.3 Å². The fraction of sp³-hybridized carbons (Fsp3) is 0.417. The fourth-order valence-corrected chi connectivity index (χ4v) is 1.60. The highest BCUT2D eigenvalue weighted by molar-refractivity contribution is 14.0. The first-order chi connectivity index (χ1) is 7.09. The zero-order chi connectivity index (χ0) is 11.3. The van der Waals surface area contributed by atoms with Crippen LogP contribution in [0.15, 0.2) is 28.7 Å². The topological polar surface area (TPSA) is 20.3 Å². The fourth-order valence-electron chi connectivity index (χ4n) is 1.34. The average Bonchev–Trinajstić information content (AvgIpc) is 2.18. The first-order valence-corrected chi connectivity index (χ1v) is 5.82. The van der Waals surface area contributed by atoms with E-state index in [4.69, 9.17) is 0 Å². The molecule has 4 heteroatoms. The van der Waals surface area contributed by atoms with Gasteiger partial charge in [0.05, 0.1) is 0 Å². The Balaban J connectivity index is 0.00000225. The van der Waals surface area contributed by atoms with Crippen molar-refractivity contribution in [1.29, 1.82) is 0 Å². The second-order valence-electron chi connectivity index (χ2n) is 3.84. The quantitative estimate of drug-likeness (QED) is 0.559. The van der Waals surface area contributed by atoms with E-state index in [2.05, 4.69) is 20.8 Å². The molecule has 1 aromatic rings. The van der Waals surface area contributed by atoms with Crippen molar-refractivity contribution >= 4 is 45.7 Å². The normalized spacial score (nSPS) is 10.0. The molecule has 0 saturated carbocycles. The lowest BCUT2D eigenvalue weighted by Gasteiger charge is -2.08. The summed E-state index contributed by atoms with van der Waals surface area (Å²) in [6.07, 6.45) is 1.54. The van der Waals surface area contributed by atoms with E-state index in [0.29, 0.717) is 6.42 Å². The average molecular weight is 398 g/mol. The highest BCUT2D eigenvalue weighted by Gasteiger charge is 2.05. The highest BCUT2D eigenvalue weighted by atomic mass is 127. The van der Waals surface area contributed by atoms with Gasteiger partial charge in [-0.3, -0.25) is 4.79 Å². The zero-order valence-corrected chi connectivity index (χ0v) is 13.5. The number of Topliss-reactive ketones (excluding diaryl/α,β-unsaturated/α-hetero) is 1. The molecule has 0 aliphatic rings. The molecule has 0 radical (unpaired) electrons. The van der Waals surface area contributed by atoms with Gasteiger partial charge in [0, 0.05) is 16.5 Å². The van der Waals surface area contributed by atoms with E-state index in [1.165, 1.54) is 0 Å². The number of ketones is 1. The molecule has 0 spiro atoms. The maximum Gasteiger partial charge on any atom is 0.162 e. The summed E-state index contributed by atoms with van der Waals surface area (Å²) in [5.74, 6) is 0.226. The molecule has 0 bridgehead atoms. The Morgan fingerprint density at radius 3 is 2.31 bits per heavy atom. The Bertz CT molecular complexity index is 324. The molecular formula is C12H17BrINO. The zero-order valence-electron chi connectivity index (χ0n) is 9.57. The molecule has 2 nitrogen and oxygen atoms in total. The van der Waals surface area contributed by atoms with E-state index in [-0.39, 0.29) is 29.8 Å². The summed E-state index contributed by atoms with van der Waals surface area (Å²) < 4.78 is 1.01. The maximum atomic E-state index is 11.7. The van der Waals surface area contributed by atoms with Gasteiger partial charge in [-0.05, 0) is 39.2 Å². The number of hydrogen-bond acceptors (Lipinski definition) is 2. The third-order valence-electron chi connectivity index (χ3n) is 2.18. The summed E-state index contributed by atoms with van der Waals surface area (Å²) in [7, 11) is 4.04. The summed E-state index contributed by atoms with van der Waals surface area (Å²) in [6.45, 7) is 0.961. The first-order valence-electron chi connectivity index (χ1n) is 5.03. The van der Waals surface area contributed by atoms with Gasteiger partial charge in [-0.25, -0.2) is 0 Å². The van der Waals surface area contributed by atoms with Crippen LogP contribution < -0.4 is 0 Å². The van der Waals surface area contributed by atoms with Crippen molar-refractivity contribution in [2.45, 2.75) is 12.8 Å². The molecule has 1 rings (SSSR count). The van der Waals surface area contributed by atoms with Gasteiger partial charge in [-0.15, -0.1) is 24.0 Å². The third kappa shape index (κ3) is 5.96. The molecule has 16 heavy (non-hydrogen) atoms. The summed E-state index contributed by atoms with van der Waals surface area (Å²) in [5, 5.41) is 0. The maximum absolute atomic E-state index is 11.7. The summed E-state index contributed by atoms with van der Waals surface area (Å²) in [6, 6.07) is 7.53. The molecule has 0 atom stereocenters. The van der Waals surface area contributed by atoms with Crippen molar-refractivity contribution in [1.82, 2.24) is 4.90 Å². The van der Waals surface area contributed by atoms with Crippen molar-refractivity contribution in [2.24, 2.45) is 0 Å². The minimum Gasteiger partial charge on any atom is -0.309 e. The van der Waals surface area contributed by atoms with E-state index in [0.717, 1.165) is 23.0 Å². The number of benzene rings is 1. The van der Waals surface area contributed by atoms with Crippen LogP contribution in [0.3, 0.4) is 0 Å². The molecule has 90 valence electrons. The summed E-state index contributed by atoms with van der Waals surface area (Å²) >= 11 is 3.35. The number of nitrogens with zero attached hydrogens (tertiary/aromatic N) is 1. The Kier molecular flexibility index (Phi) is 8.23. The van der Waals surface area contributed by atoms with Crippen LogP contribution in [0.2, 0.25) is 0 Å². The molecule has 1 aromatic carbocycles. The third-order valence-corrected chi connectivity index (χ3v) is 2.70. The van der Waals surface area contributed by atoms with Crippen molar-refractivity contribution < 1.29 is 4.79 Å². The smallest absolute Gasteiger partial charge is 0.162 e. The van der Waals surface area contributed by atoms with Crippen LogP contribution >= 0.6 is 39.9 Å². The van der Waals surface area contributed by atoms with Crippen LogP contribution in [0.25, 0.3) is 0 Å². The van der Waals surface area contributed by atoms with E-state index >= 15 is 0 Å². The SMILES string of the molecule is CN(C)CCCC(=O)c1ccc(Br)cc1.I. The van der Waals surface area contributed by atoms with Gasteiger partial charge in [-0.1, -0.05) is 28.1 Å². The standard InChI is InChI=1S/C12H16BrNO.HI/c1-14(2)9-3-4-12(15)10-5-7-11(13)8-6-10;/h5-8H,3-4,9H2,1-2H3;1H. The van der Waals surface area contributed by atoms with Crippen LogP contribution in [0.5, 0.6) is 0 Å². The highest BCUT2D eigenvalue weighted by Crippen LogP contribution is 2.12. The summed E-state index contributed by atoms with van der Waals surface area (Å²) in [5.41, 5.74) is 0.803. The largest absolute Gasteiger partial charge is 0.309 e. The number of rotatable bonds is 5. The monoisotopic (exact) mass is 397 g/mol. The Labute approximate surface area is 123 Å². The molecule has 0 N–H and O–H groups in total. The molecule has 0 saturated heterocycles. The minimum atomic E-state index is 0. The van der Waals surface area contributed by atoms with E-state index in [1.54, 1.807) is 0 Å². The van der Waals surface area contributed by atoms with Crippen molar-refractivity contribution in [3.63, 3.8) is 0 Å². The molecule has 0 aliphatic carbocycles. The van der Waals surface area contributed by atoms with Gasteiger partial charge in [0.15, 0.2) is 5.78 Å². The number of carbonyl (C=O) groups is 1. The second kappa shape index (κ2) is 8.20. The van der Waals surface area contributed by atoms with Gasteiger partial charge in [-0.2, -0.15) is 0 Å². The molecule has 0 amide bonds. The molecular weight excluding hydrogens is 381 g/mol. The Hall–Kier alpha value is 0.0600. The van der Waals surface area contributed by atoms with Crippen LogP contribution in [0.1, 0.15) is 23.2 Å². The minimum absolute atomic E-state index is 0. The van der Waals surface area contributed by atoms with Crippen LogP contribution in [-0.4, -0.2) is 31.3 Å². The van der Waals surface area contributed by atoms with Crippen LogP contribution in [-0.2, 0) is 0 Å². The van der Waals surface area contributed by atoms with Gasteiger partial charge < -0.3 is 4.90 Å². The van der Waals surface area contributed by atoms with Crippen molar-refractivity contribution in [3.8, 4) is 0 Å². The predicted octanol–water partition coefficient (Wildman–Crippen LogP) is 3.59. The van der Waals surface area contributed by atoms with E-state index in [1.807, 2.05) is 38.4 Å². The number of carbonyl (C=O) groups excluding carboxylic acids is 1. The second-order valence-corrected chi connectivity index (χ2v) is 4.75. The van der Waals surface area contributed by atoms with E-state index < -0.39 is 0 Å². The lowest BCUT2D eigenvalue weighted by atomic mass is 10.1. The Morgan fingerprint density at radius 2 is 1.81 bits per heavy atom. The molecule has 0 fully saturated rings. The lowest BCUT2D eigenvalue weighted by Crippen LogP contribution is -2.14.